The van der Waals surface area contributed by atoms with Gasteiger partial charge in [0.15, 0.2) is 16.3 Å². The van der Waals surface area contributed by atoms with Crippen molar-refractivity contribution in [1.29, 1.82) is 0 Å². The molecule has 13 nitrogen and oxygen atoms in total. The van der Waals surface area contributed by atoms with Gasteiger partial charge in [-0.15, -0.1) is 0 Å². The van der Waals surface area contributed by atoms with E-state index in [9.17, 15) is 29.8 Å². The Labute approximate surface area is 263 Å². The molecule has 0 amide bonds. The second kappa shape index (κ2) is 12.7. The number of halogens is 1. The summed E-state index contributed by atoms with van der Waals surface area (Å²) >= 11 is 7.66. The summed E-state index contributed by atoms with van der Waals surface area (Å²) in [5.74, 6) is -0.552. The number of nitro groups is 2. The Hall–Kier alpha value is -5.34. The van der Waals surface area contributed by atoms with Crippen LogP contribution in [0.1, 0.15) is 31.0 Å². The number of rotatable bonds is 9. The second-order valence-corrected chi connectivity index (χ2v) is 10.9. The Kier molecular flexibility index (Phi) is 8.79. The van der Waals surface area contributed by atoms with E-state index in [0.29, 0.717) is 31.2 Å². The van der Waals surface area contributed by atoms with Crippen LogP contribution in [0.4, 0.5) is 11.4 Å². The molecule has 5 rings (SSSR count). The molecule has 0 radical (unpaired) electrons. The van der Waals surface area contributed by atoms with E-state index in [1.54, 1.807) is 56.3 Å². The first kappa shape index (κ1) is 31.1. The number of ether oxygens (including phenoxy) is 3. The van der Waals surface area contributed by atoms with E-state index in [2.05, 4.69) is 4.99 Å². The molecule has 1 aliphatic rings. The van der Waals surface area contributed by atoms with Gasteiger partial charge in [0.1, 0.15) is 6.04 Å². The van der Waals surface area contributed by atoms with Gasteiger partial charge in [-0.2, -0.15) is 0 Å². The number of thiazole rings is 1. The maximum absolute atomic E-state index is 13.9. The van der Waals surface area contributed by atoms with Crippen molar-refractivity contribution in [2.45, 2.75) is 19.9 Å². The quantitative estimate of drug-likeness (QED) is 0.137. The van der Waals surface area contributed by atoms with Crippen molar-refractivity contribution in [3.8, 4) is 17.2 Å². The number of hydrogen-bond donors (Lipinski definition) is 0. The van der Waals surface area contributed by atoms with E-state index in [1.165, 1.54) is 17.7 Å². The summed E-state index contributed by atoms with van der Waals surface area (Å²) in [5.41, 5.74) is 0.188. The zero-order valence-corrected chi connectivity index (χ0v) is 25.5. The van der Waals surface area contributed by atoms with Crippen molar-refractivity contribution in [3.05, 3.63) is 128 Å². The number of carbonyl (C=O) groups is 1. The molecule has 0 N–H and O–H groups in total. The molecule has 4 aromatic rings. The van der Waals surface area contributed by atoms with Gasteiger partial charge < -0.3 is 14.2 Å². The Bertz CT molecular complexity index is 2090. The summed E-state index contributed by atoms with van der Waals surface area (Å²) < 4.78 is 18.2. The van der Waals surface area contributed by atoms with Gasteiger partial charge in [0.05, 0.1) is 45.4 Å². The number of aromatic nitrogens is 1. The number of allylic oxidation sites excluding steroid dienone is 1. The van der Waals surface area contributed by atoms with Crippen LogP contribution in [-0.2, 0) is 9.53 Å². The number of carbonyl (C=O) groups excluding carboxylic acids is 1. The largest absolute Gasteiger partial charge is 0.493 e. The minimum Gasteiger partial charge on any atom is -0.493 e. The normalized spacial score (nSPS) is 14.4. The molecule has 0 unspecified atom stereocenters. The molecule has 1 aromatic heterocycles. The molecule has 1 atom stereocenters. The maximum atomic E-state index is 13.9. The molecule has 230 valence electrons. The van der Waals surface area contributed by atoms with Gasteiger partial charge in [0.2, 0.25) is 5.75 Å². The number of hydrogen-bond acceptors (Lipinski definition) is 11. The fourth-order valence-electron chi connectivity index (χ4n) is 4.76. The van der Waals surface area contributed by atoms with E-state index in [4.69, 9.17) is 25.8 Å². The molecule has 2 heterocycles. The fourth-order valence-corrected chi connectivity index (χ4v) is 6.04. The van der Waals surface area contributed by atoms with Gasteiger partial charge >= 0.3 is 11.7 Å². The Morgan fingerprint density at radius 1 is 1.07 bits per heavy atom. The molecule has 0 aliphatic carbocycles. The van der Waals surface area contributed by atoms with Crippen LogP contribution < -0.4 is 24.4 Å². The van der Waals surface area contributed by atoms with Gasteiger partial charge in [-0.3, -0.25) is 29.6 Å². The minimum atomic E-state index is -0.876. The van der Waals surface area contributed by atoms with Crippen LogP contribution in [0.3, 0.4) is 0 Å². The van der Waals surface area contributed by atoms with E-state index < -0.39 is 38.8 Å². The van der Waals surface area contributed by atoms with Crippen LogP contribution >= 0.6 is 22.9 Å². The number of benzene rings is 3. The first-order chi connectivity index (χ1) is 21.5. The molecule has 0 fully saturated rings. The summed E-state index contributed by atoms with van der Waals surface area (Å²) in [7, 11) is 1.37. The highest BCUT2D eigenvalue weighted by Crippen LogP contribution is 2.39. The van der Waals surface area contributed by atoms with Gasteiger partial charge in [-0.25, -0.2) is 9.79 Å². The molecular weight excluding hydrogens is 628 g/mol. The first-order valence-electron chi connectivity index (χ1n) is 13.3. The molecule has 45 heavy (non-hydrogen) atoms. The predicted molar refractivity (Wildman–Crippen MR) is 165 cm³/mol. The number of methoxy groups -OCH3 is 1. The Balaban J connectivity index is 1.58. The molecule has 1 aliphatic heterocycles. The summed E-state index contributed by atoms with van der Waals surface area (Å²) in [5, 5.41) is 23.0. The standard InChI is InChI=1S/C30H23ClN4O9S/c1-4-43-29(37)26-16(2)32-30-33(27(26)19-7-5-6-8-20(19)31)28(36)25(45-30)14-17-9-11-23(24(13-17)42-3)44-22-12-10-18(34(38)39)15-21(22)35(40)41/h5-15,27H,4H2,1-3H3/b25-14-/t27-/m0/s1. The van der Waals surface area contributed by atoms with Crippen LogP contribution in [0.25, 0.3) is 6.08 Å². The SMILES string of the molecule is CCOC(=O)C1=C(C)N=c2s/c(=C\c3ccc(Oc4ccc([N+](=O)[O-])cc4[N+](=O)[O-])c(OC)c3)c(=O)n2[C@H]1c1ccccc1Cl. The van der Waals surface area contributed by atoms with Crippen LogP contribution in [0.2, 0.25) is 5.02 Å². The number of non-ortho nitro benzene ring substituents is 1. The number of nitrogens with zero attached hydrogens (tertiary/aromatic N) is 4. The van der Waals surface area contributed by atoms with Gasteiger partial charge in [0, 0.05) is 11.1 Å². The van der Waals surface area contributed by atoms with Crippen molar-refractivity contribution < 1.29 is 28.9 Å². The van der Waals surface area contributed by atoms with Gasteiger partial charge in [-0.05, 0) is 55.3 Å². The lowest BCUT2D eigenvalue weighted by atomic mass is 9.96. The summed E-state index contributed by atoms with van der Waals surface area (Å²) in [4.78, 5) is 53.0. The molecule has 15 heteroatoms. The highest BCUT2D eigenvalue weighted by Gasteiger charge is 2.34. The van der Waals surface area contributed by atoms with Crippen molar-refractivity contribution in [2.24, 2.45) is 4.99 Å². The Morgan fingerprint density at radius 3 is 2.47 bits per heavy atom. The first-order valence-corrected chi connectivity index (χ1v) is 14.5. The van der Waals surface area contributed by atoms with Crippen molar-refractivity contribution in [3.63, 3.8) is 0 Å². The van der Waals surface area contributed by atoms with Gasteiger partial charge in [-0.1, -0.05) is 47.2 Å². The number of fused-ring (bicyclic) bond motifs is 1. The lowest BCUT2D eigenvalue weighted by molar-refractivity contribution is -0.394. The van der Waals surface area contributed by atoms with Crippen molar-refractivity contribution in [1.82, 2.24) is 4.57 Å². The summed E-state index contributed by atoms with van der Waals surface area (Å²) in [6.07, 6.45) is 1.61. The number of nitro benzene ring substituents is 2. The lowest BCUT2D eigenvalue weighted by Crippen LogP contribution is -2.40. The highest BCUT2D eigenvalue weighted by molar-refractivity contribution is 7.07. The highest BCUT2D eigenvalue weighted by atomic mass is 35.5. The molecule has 0 bridgehead atoms. The minimum absolute atomic E-state index is 0.0986. The van der Waals surface area contributed by atoms with Crippen LogP contribution in [0.15, 0.2) is 81.7 Å². The zero-order valence-electron chi connectivity index (χ0n) is 23.9. The number of esters is 1. The fraction of sp³-hybridized carbons (Fsp3) is 0.167. The third kappa shape index (κ3) is 6.05. The van der Waals surface area contributed by atoms with Crippen molar-refractivity contribution in [2.75, 3.05) is 13.7 Å². The third-order valence-corrected chi connectivity index (χ3v) is 8.10. The molecule has 0 saturated heterocycles. The maximum Gasteiger partial charge on any atom is 0.338 e. The van der Waals surface area contributed by atoms with Crippen LogP contribution in [0.5, 0.6) is 17.2 Å². The molecule has 0 saturated carbocycles. The summed E-state index contributed by atoms with van der Waals surface area (Å²) in [6, 6.07) is 13.7. The molecule has 3 aromatic carbocycles. The topological polar surface area (TPSA) is 165 Å². The van der Waals surface area contributed by atoms with Crippen molar-refractivity contribution >= 4 is 46.4 Å². The van der Waals surface area contributed by atoms with Gasteiger partial charge in [0.25, 0.3) is 11.2 Å². The Morgan fingerprint density at radius 2 is 1.80 bits per heavy atom. The van der Waals surface area contributed by atoms with Crippen LogP contribution in [-0.4, -0.2) is 34.1 Å². The third-order valence-electron chi connectivity index (χ3n) is 6.77. The second-order valence-electron chi connectivity index (χ2n) is 9.50. The van der Waals surface area contributed by atoms with E-state index >= 15 is 0 Å². The zero-order chi connectivity index (χ0) is 32.4. The lowest BCUT2D eigenvalue weighted by Gasteiger charge is -2.25. The summed E-state index contributed by atoms with van der Waals surface area (Å²) in [6.45, 7) is 3.49. The average molecular weight is 651 g/mol. The monoisotopic (exact) mass is 650 g/mol. The smallest absolute Gasteiger partial charge is 0.338 e. The van der Waals surface area contributed by atoms with Crippen LogP contribution in [0, 0.1) is 20.2 Å². The van der Waals surface area contributed by atoms with E-state index in [0.717, 1.165) is 29.5 Å². The average Bonchev–Trinajstić information content (AvgIpc) is 3.31. The van der Waals surface area contributed by atoms with E-state index in [-0.39, 0.29) is 29.4 Å². The van der Waals surface area contributed by atoms with E-state index in [1.807, 2.05) is 0 Å². The predicted octanol–water partition coefficient (Wildman–Crippen LogP) is 5.07. The molecular formula is C30H23ClN4O9S. The molecule has 0 spiro atoms.